The maximum atomic E-state index is 13.0. The zero-order chi connectivity index (χ0) is 24.0. The Balaban J connectivity index is 1.55. The van der Waals surface area contributed by atoms with E-state index in [2.05, 4.69) is 4.98 Å². The number of amides is 1. The molecule has 7 nitrogen and oxygen atoms in total. The van der Waals surface area contributed by atoms with Gasteiger partial charge in [-0.05, 0) is 59.4 Å². The van der Waals surface area contributed by atoms with E-state index in [1.54, 1.807) is 9.42 Å². The van der Waals surface area contributed by atoms with Crippen molar-refractivity contribution in [3.63, 3.8) is 0 Å². The summed E-state index contributed by atoms with van der Waals surface area (Å²) in [4.78, 5) is 18.8. The first-order valence-electron chi connectivity index (χ1n) is 11.4. The zero-order valence-corrected chi connectivity index (χ0v) is 19.5. The van der Waals surface area contributed by atoms with Gasteiger partial charge in [0, 0.05) is 24.2 Å². The molecule has 2 aromatic heterocycles. The molecule has 0 aromatic carbocycles. The van der Waals surface area contributed by atoms with E-state index in [4.69, 9.17) is 14.6 Å². The highest BCUT2D eigenvalue weighted by Gasteiger charge is 2.42. The molecule has 2 aromatic rings. The number of rotatable bonds is 2. The van der Waals surface area contributed by atoms with Crippen LogP contribution in [0.4, 0.5) is 18.0 Å². The summed E-state index contributed by atoms with van der Waals surface area (Å²) in [6, 6.07) is 3.75. The number of hydrogen-bond donors (Lipinski definition) is 0. The average molecular weight is 469 g/mol. The van der Waals surface area contributed by atoms with Gasteiger partial charge >= 0.3 is 12.3 Å². The summed E-state index contributed by atoms with van der Waals surface area (Å²) in [7, 11) is 0. The topological polar surface area (TPSA) is 69.0 Å². The van der Waals surface area contributed by atoms with Crippen molar-refractivity contribution in [1.29, 1.82) is 0 Å². The Morgan fingerprint density at radius 3 is 2.48 bits per heavy atom. The molecule has 1 aliphatic carbocycles. The van der Waals surface area contributed by atoms with Crippen LogP contribution in [0, 0.1) is 12.8 Å². The maximum absolute atomic E-state index is 13.0. The second-order valence-corrected chi connectivity index (χ2v) is 10.0. The van der Waals surface area contributed by atoms with Gasteiger partial charge in [0.25, 0.3) is 0 Å². The Hall–Kier alpha value is -2.36. The minimum Gasteiger partial charge on any atom is -0.444 e. The molecule has 2 fully saturated rings. The Bertz CT molecular complexity index is 1010. The smallest absolute Gasteiger partial charge is 0.410 e. The van der Waals surface area contributed by atoms with Crippen LogP contribution in [0.15, 0.2) is 12.1 Å². The lowest BCUT2D eigenvalue weighted by atomic mass is 9.80. The highest BCUT2D eigenvalue weighted by molar-refractivity contribution is 5.68. The van der Waals surface area contributed by atoms with Crippen LogP contribution < -0.4 is 0 Å². The maximum Gasteiger partial charge on any atom is 0.410 e. The van der Waals surface area contributed by atoms with E-state index in [-0.39, 0.29) is 24.9 Å². The van der Waals surface area contributed by atoms with Crippen LogP contribution in [0.1, 0.15) is 75.6 Å². The molecule has 0 bridgehead atoms. The molecule has 1 atom stereocenters. The molecule has 10 heteroatoms. The third kappa shape index (κ3) is 5.42. The first-order chi connectivity index (χ1) is 15.4. The normalized spacial score (nSPS) is 24.8. The fraction of sp³-hybridized carbons (Fsp3) is 0.696. The number of nitrogens with zero attached hydrogens (tertiary/aromatic N) is 4. The van der Waals surface area contributed by atoms with E-state index in [1.165, 1.54) is 0 Å². The van der Waals surface area contributed by atoms with Gasteiger partial charge in [0.1, 0.15) is 11.7 Å². The van der Waals surface area contributed by atoms with Gasteiger partial charge in [-0.3, -0.25) is 0 Å². The quantitative estimate of drug-likeness (QED) is 0.607. The molecule has 1 amide bonds. The first-order valence-corrected chi connectivity index (χ1v) is 11.4. The van der Waals surface area contributed by atoms with Crippen molar-refractivity contribution >= 4 is 11.7 Å². The van der Waals surface area contributed by atoms with Crippen LogP contribution in [0.25, 0.3) is 5.65 Å². The first kappa shape index (κ1) is 23.8. The third-order valence-corrected chi connectivity index (χ3v) is 6.26. The predicted octanol–water partition coefficient (Wildman–Crippen LogP) is 5.18. The number of fused-ring (bicyclic) bond motifs is 1. The Labute approximate surface area is 191 Å². The van der Waals surface area contributed by atoms with Crippen molar-refractivity contribution in [2.75, 3.05) is 19.7 Å². The fourth-order valence-electron chi connectivity index (χ4n) is 4.61. The predicted molar refractivity (Wildman–Crippen MR) is 115 cm³/mol. The van der Waals surface area contributed by atoms with E-state index in [0.717, 1.165) is 17.1 Å². The van der Waals surface area contributed by atoms with Gasteiger partial charge in [-0.1, -0.05) is 0 Å². The largest absolute Gasteiger partial charge is 0.444 e. The fourth-order valence-corrected chi connectivity index (χ4v) is 4.61. The number of aromatic nitrogens is 3. The van der Waals surface area contributed by atoms with Gasteiger partial charge in [0.15, 0.2) is 5.65 Å². The number of morpholine rings is 1. The zero-order valence-electron chi connectivity index (χ0n) is 19.5. The molecule has 1 aliphatic heterocycles. The monoisotopic (exact) mass is 468 g/mol. The van der Waals surface area contributed by atoms with Crippen molar-refractivity contribution < 1.29 is 27.4 Å². The molecule has 182 valence electrons. The molecule has 3 heterocycles. The van der Waals surface area contributed by atoms with Gasteiger partial charge < -0.3 is 14.4 Å². The molecule has 1 saturated carbocycles. The second kappa shape index (κ2) is 8.77. The number of ether oxygens (including phenoxy) is 2. The van der Waals surface area contributed by atoms with Crippen LogP contribution in [0.2, 0.25) is 0 Å². The SMILES string of the molecule is Cc1cc([C@@H]2CN(C(=O)OC(C)(C)C)CCO2)n2nc([C@H]3CC[C@H](C(F)(F)F)CC3)cc2n1. The highest BCUT2D eigenvalue weighted by Crippen LogP contribution is 2.42. The van der Waals surface area contributed by atoms with Gasteiger partial charge in [0.05, 0.1) is 30.5 Å². The van der Waals surface area contributed by atoms with Gasteiger partial charge in [-0.2, -0.15) is 18.3 Å². The summed E-state index contributed by atoms with van der Waals surface area (Å²) >= 11 is 0. The Morgan fingerprint density at radius 1 is 1.15 bits per heavy atom. The van der Waals surface area contributed by atoms with E-state index >= 15 is 0 Å². The Morgan fingerprint density at radius 2 is 1.85 bits per heavy atom. The number of alkyl halides is 3. The highest BCUT2D eigenvalue weighted by atomic mass is 19.4. The van der Waals surface area contributed by atoms with Crippen molar-refractivity contribution in [2.24, 2.45) is 5.92 Å². The number of carbonyl (C=O) groups excluding carboxylic acids is 1. The average Bonchev–Trinajstić information content (AvgIpc) is 3.15. The number of hydrogen-bond acceptors (Lipinski definition) is 5. The van der Waals surface area contributed by atoms with Crippen LogP contribution in [0.3, 0.4) is 0 Å². The molecule has 2 aliphatic rings. The van der Waals surface area contributed by atoms with Gasteiger partial charge in [0.2, 0.25) is 0 Å². The molecular weight excluding hydrogens is 437 g/mol. The summed E-state index contributed by atoms with van der Waals surface area (Å²) in [5.41, 5.74) is 2.35. The van der Waals surface area contributed by atoms with Crippen molar-refractivity contribution in [3.8, 4) is 0 Å². The number of carbonyl (C=O) groups is 1. The summed E-state index contributed by atoms with van der Waals surface area (Å²) < 4.78 is 52.3. The van der Waals surface area contributed by atoms with Gasteiger partial charge in [-0.25, -0.2) is 14.3 Å². The van der Waals surface area contributed by atoms with Crippen molar-refractivity contribution in [3.05, 3.63) is 29.2 Å². The lowest BCUT2D eigenvalue weighted by molar-refractivity contribution is -0.182. The molecule has 33 heavy (non-hydrogen) atoms. The third-order valence-electron chi connectivity index (χ3n) is 6.26. The van der Waals surface area contributed by atoms with E-state index in [0.29, 0.717) is 38.2 Å². The van der Waals surface area contributed by atoms with Crippen LogP contribution >= 0.6 is 0 Å². The van der Waals surface area contributed by atoms with E-state index in [9.17, 15) is 18.0 Å². The molecule has 0 radical (unpaired) electrons. The summed E-state index contributed by atoms with van der Waals surface area (Å²) in [6.45, 7) is 8.47. The molecule has 4 rings (SSSR count). The van der Waals surface area contributed by atoms with Crippen molar-refractivity contribution in [2.45, 2.75) is 77.2 Å². The minimum absolute atomic E-state index is 0.0241. The summed E-state index contributed by atoms with van der Waals surface area (Å²) in [5.74, 6) is -1.25. The van der Waals surface area contributed by atoms with Crippen LogP contribution in [-0.2, 0) is 9.47 Å². The van der Waals surface area contributed by atoms with E-state index < -0.39 is 23.8 Å². The number of halogens is 3. The minimum atomic E-state index is -4.13. The molecule has 0 N–H and O–H groups in total. The van der Waals surface area contributed by atoms with E-state index in [1.807, 2.05) is 39.8 Å². The van der Waals surface area contributed by atoms with Crippen LogP contribution in [0.5, 0.6) is 0 Å². The second-order valence-electron chi connectivity index (χ2n) is 10.0. The summed E-state index contributed by atoms with van der Waals surface area (Å²) in [6.07, 6.45) is -3.78. The lowest BCUT2D eigenvalue weighted by Gasteiger charge is -2.34. The van der Waals surface area contributed by atoms with Crippen molar-refractivity contribution in [1.82, 2.24) is 19.5 Å². The molecular formula is C23H31F3N4O3. The molecule has 0 spiro atoms. The standard InChI is InChI=1S/C23H31F3N4O3/c1-14-11-18(19-13-29(9-10-32-19)21(31)33-22(2,3)4)30-20(27-14)12-17(28-30)15-5-7-16(8-6-15)23(24,25)26/h11-12,15-16,19H,5-10,13H2,1-4H3/t15-,16-,19-/m0/s1. The Kier molecular flexibility index (Phi) is 6.32. The molecule has 0 unspecified atom stereocenters. The van der Waals surface area contributed by atoms with Gasteiger partial charge in [-0.15, -0.1) is 0 Å². The van der Waals surface area contributed by atoms with Crippen LogP contribution in [-0.4, -0.2) is 57.1 Å². The summed E-state index contributed by atoms with van der Waals surface area (Å²) in [5, 5.41) is 4.73. The lowest BCUT2D eigenvalue weighted by Crippen LogP contribution is -2.45. The molecule has 1 saturated heterocycles. The number of aryl methyl sites for hydroxylation is 1.